The molecule has 8 nitrogen and oxygen atoms in total. The third kappa shape index (κ3) is 5.94. The Hall–Kier alpha value is -5.03. The van der Waals surface area contributed by atoms with Crippen LogP contribution in [0, 0.1) is 18.6 Å². The Balaban J connectivity index is 1.33. The fourth-order valence-electron chi connectivity index (χ4n) is 4.08. The van der Waals surface area contributed by atoms with E-state index in [0.29, 0.717) is 22.5 Å². The molecule has 5 aromatic rings. The Kier molecular flexibility index (Phi) is 7.79. The Bertz CT molecular complexity index is 1690. The minimum Gasteiger partial charge on any atom is -0.477 e. The molecule has 0 aliphatic carbocycles. The molecule has 0 saturated carbocycles. The van der Waals surface area contributed by atoms with Crippen molar-refractivity contribution in [3.05, 3.63) is 106 Å². The number of carboxylic acid groups (broad SMARTS) is 1. The van der Waals surface area contributed by atoms with E-state index in [1.165, 1.54) is 11.4 Å². The minimum atomic E-state index is -1.26. The number of amides is 1. The predicted octanol–water partition coefficient (Wildman–Crippen LogP) is 8.46. The summed E-state index contributed by atoms with van der Waals surface area (Å²) >= 11 is 0.883. The predicted molar refractivity (Wildman–Crippen MR) is 148 cm³/mol. The Morgan fingerprint density at radius 2 is 1.63 bits per heavy atom. The molecule has 1 atom stereocenters. The highest BCUT2D eigenvalue weighted by molar-refractivity contribution is 7.12. The number of hydrogen-bond acceptors (Lipinski definition) is 7. The summed E-state index contributed by atoms with van der Waals surface area (Å²) < 4.78 is 45.9. The van der Waals surface area contributed by atoms with Crippen LogP contribution < -0.4 is 10.1 Å². The molecule has 3 aromatic carbocycles. The number of ether oxygens (including phenoxy) is 2. The van der Waals surface area contributed by atoms with Crippen molar-refractivity contribution in [2.75, 3.05) is 5.32 Å². The molecular weight excluding hydrogens is 554 g/mol. The first-order valence-corrected chi connectivity index (χ1v) is 13.2. The summed E-state index contributed by atoms with van der Waals surface area (Å²) in [6.07, 6.45) is -1.17. The molecule has 0 aliphatic heterocycles. The zero-order valence-corrected chi connectivity index (χ0v) is 22.5. The maximum Gasteiger partial charge on any atom is 0.412 e. The van der Waals surface area contributed by atoms with Crippen LogP contribution in [0.25, 0.3) is 22.5 Å². The van der Waals surface area contributed by atoms with Gasteiger partial charge in [0.2, 0.25) is 0 Å². The third-order valence-electron chi connectivity index (χ3n) is 6.16. The number of carbonyl (C=O) groups excluding carboxylic acids is 1. The average Bonchev–Trinajstić information content (AvgIpc) is 3.58. The van der Waals surface area contributed by atoms with Crippen LogP contribution in [0.5, 0.6) is 11.5 Å². The Morgan fingerprint density at radius 3 is 2.29 bits per heavy atom. The lowest BCUT2D eigenvalue weighted by Gasteiger charge is -2.14. The lowest BCUT2D eigenvalue weighted by atomic mass is 10.0. The Morgan fingerprint density at radius 1 is 0.976 bits per heavy atom. The average molecular weight is 577 g/mol. The second kappa shape index (κ2) is 11.6. The number of hydrogen-bond donors (Lipinski definition) is 2. The standard InChI is InChI=1S/C30H22F2N2O6S/c1-16-25(33-30(37)38-17(2)18-6-4-3-5-7-18)26(40-34-16)20-10-8-19(9-11-20)21-14-22(31)27(23(32)15-21)39-24-12-13-41-28(24)29(35)36/h3-15,17H,1-2H3,(H,33,37)(H,35,36). The van der Waals surface area contributed by atoms with Crippen molar-refractivity contribution in [2.24, 2.45) is 0 Å². The van der Waals surface area contributed by atoms with Crippen LogP contribution >= 0.6 is 11.3 Å². The molecule has 0 spiro atoms. The molecule has 5 rings (SSSR count). The largest absolute Gasteiger partial charge is 0.477 e. The molecule has 0 saturated heterocycles. The van der Waals surface area contributed by atoms with Gasteiger partial charge < -0.3 is 19.1 Å². The fourth-order valence-corrected chi connectivity index (χ4v) is 4.73. The van der Waals surface area contributed by atoms with Crippen molar-refractivity contribution in [1.29, 1.82) is 0 Å². The molecule has 2 N–H and O–H groups in total. The second-order valence-electron chi connectivity index (χ2n) is 8.92. The van der Waals surface area contributed by atoms with E-state index in [9.17, 15) is 23.5 Å². The number of rotatable bonds is 8. The number of aromatic carboxylic acids is 1. The van der Waals surface area contributed by atoms with Crippen LogP contribution in [0.4, 0.5) is 19.3 Å². The van der Waals surface area contributed by atoms with E-state index in [-0.39, 0.29) is 22.0 Å². The molecule has 208 valence electrons. The summed E-state index contributed by atoms with van der Waals surface area (Å²) in [5.41, 5.74) is 2.88. The van der Waals surface area contributed by atoms with Crippen molar-refractivity contribution in [1.82, 2.24) is 5.16 Å². The number of nitrogens with one attached hydrogen (secondary N) is 1. The first-order chi connectivity index (χ1) is 19.7. The summed E-state index contributed by atoms with van der Waals surface area (Å²) in [5.74, 6) is -3.81. The smallest absolute Gasteiger partial charge is 0.412 e. The van der Waals surface area contributed by atoms with Crippen molar-refractivity contribution in [2.45, 2.75) is 20.0 Å². The van der Waals surface area contributed by atoms with Gasteiger partial charge in [0.25, 0.3) is 0 Å². The molecule has 0 bridgehead atoms. The number of carbonyl (C=O) groups is 2. The molecule has 0 fully saturated rings. The van der Waals surface area contributed by atoms with Gasteiger partial charge in [-0.25, -0.2) is 18.4 Å². The van der Waals surface area contributed by atoms with Crippen molar-refractivity contribution in [3.63, 3.8) is 0 Å². The van der Waals surface area contributed by atoms with E-state index in [1.807, 2.05) is 30.3 Å². The van der Waals surface area contributed by atoms with Crippen molar-refractivity contribution in [3.8, 4) is 33.9 Å². The number of carboxylic acids is 1. The van der Waals surface area contributed by atoms with Gasteiger partial charge in [-0.2, -0.15) is 0 Å². The quantitative estimate of drug-likeness (QED) is 0.191. The van der Waals surface area contributed by atoms with Gasteiger partial charge in [0.1, 0.15) is 17.5 Å². The molecule has 2 heterocycles. The summed E-state index contributed by atoms with van der Waals surface area (Å²) in [7, 11) is 0. The van der Waals surface area contributed by atoms with Crippen LogP contribution in [-0.4, -0.2) is 22.3 Å². The number of nitrogens with zero attached hydrogens (tertiary/aromatic N) is 1. The number of thiophene rings is 1. The third-order valence-corrected chi connectivity index (χ3v) is 7.04. The monoisotopic (exact) mass is 576 g/mol. The summed E-state index contributed by atoms with van der Waals surface area (Å²) in [6, 6.07) is 19.4. The van der Waals surface area contributed by atoms with Gasteiger partial charge in [-0.05, 0) is 54.1 Å². The van der Waals surface area contributed by atoms with Gasteiger partial charge in [0.15, 0.2) is 33.8 Å². The summed E-state index contributed by atoms with van der Waals surface area (Å²) in [6.45, 7) is 3.43. The normalized spacial score (nSPS) is 11.6. The molecule has 2 aromatic heterocycles. The highest BCUT2D eigenvalue weighted by atomic mass is 32.1. The molecule has 1 amide bonds. The maximum atomic E-state index is 14.9. The number of benzene rings is 3. The maximum absolute atomic E-state index is 14.9. The number of anilines is 1. The van der Waals surface area contributed by atoms with Gasteiger partial charge >= 0.3 is 12.1 Å². The van der Waals surface area contributed by atoms with Crippen LogP contribution in [0.3, 0.4) is 0 Å². The second-order valence-corrected chi connectivity index (χ2v) is 9.84. The number of halogens is 2. The first-order valence-electron chi connectivity index (χ1n) is 12.3. The van der Waals surface area contributed by atoms with Crippen LogP contribution in [0.15, 0.2) is 82.7 Å². The van der Waals surface area contributed by atoms with E-state index < -0.39 is 35.6 Å². The molecular formula is C30H22F2N2O6S. The summed E-state index contributed by atoms with van der Waals surface area (Å²) in [5, 5.41) is 17.3. The molecule has 1 unspecified atom stereocenters. The highest BCUT2D eigenvalue weighted by Gasteiger charge is 2.22. The highest BCUT2D eigenvalue weighted by Crippen LogP contribution is 2.37. The topological polar surface area (TPSA) is 111 Å². The van der Waals surface area contributed by atoms with Crippen LogP contribution in [0.2, 0.25) is 0 Å². The lowest BCUT2D eigenvalue weighted by molar-refractivity contribution is 0.0699. The van der Waals surface area contributed by atoms with Gasteiger partial charge in [-0.1, -0.05) is 59.8 Å². The SMILES string of the molecule is Cc1noc(-c2ccc(-c3cc(F)c(Oc4ccsc4C(=O)O)c(F)c3)cc2)c1NC(=O)OC(C)c1ccccc1. The molecule has 41 heavy (non-hydrogen) atoms. The number of aromatic nitrogens is 1. The number of aryl methyl sites for hydroxylation is 1. The van der Waals surface area contributed by atoms with Gasteiger partial charge in [-0.3, -0.25) is 5.32 Å². The van der Waals surface area contributed by atoms with E-state index in [2.05, 4.69) is 10.5 Å². The lowest BCUT2D eigenvalue weighted by Crippen LogP contribution is -2.16. The minimum absolute atomic E-state index is 0.150. The molecule has 0 radical (unpaired) electrons. The fraction of sp³-hybridized carbons (Fsp3) is 0.100. The summed E-state index contributed by atoms with van der Waals surface area (Å²) in [4.78, 5) is 23.7. The van der Waals surface area contributed by atoms with Gasteiger partial charge in [0, 0.05) is 5.56 Å². The van der Waals surface area contributed by atoms with Crippen LogP contribution in [-0.2, 0) is 4.74 Å². The van der Waals surface area contributed by atoms with Crippen molar-refractivity contribution >= 4 is 29.1 Å². The van der Waals surface area contributed by atoms with Gasteiger partial charge in [0.05, 0.1) is 0 Å². The van der Waals surface area contributed by atoms with Crippen molar-refractivity contribution < 1.29 is 37.5 Å². The Labute approximate surface area is 236 Å². The van der Waals surface area contributed by atoms with Gasteiger partial charge in [-0.15, -0.1) is 11.3 Å². The molecule has 0 aliphatic rings. The van der Waals surface area contributed by atoms with E-state index in [1.54, 1.807) is 38.1 Å². The zero-order chi connectivity index (χ0) is 29.1. The van der Waals surface area contributed by atoms with E-state index >= 15 is 0 Å². The zero-order valence-electron chi connectivity index (χ0n) is 21.7. The first kappa shape index (κ1) is 27.5. The van der Waals surface area contributed by atoms with Crippen LogP contribution in [0.1, 0.15) is 34.0 Å². The van der Waals surface area contributed by atoms with E-state index in [0.717, 1.165) is 29.0 Å². The molecule has 11 heteroatoms. The van der Waals surface area contributed by atoms with E-state index in [4.69, 9.17) is 14.0 Å².